The molecule has 4 rings (SSSR count). The van der Waals surface area contributed by atoms with Crippen LogP contribution in [0, 0.1) is 0 Å². The molecule has 0 spiro atoms. The lowest BCUT2D eigenvalue weighted by Crippen LogP contribution is -2.32. The third-order valence-corrected chi connectivity index (χ3v) is 4.48. The second-order valence-electron chi connectivity index (χ2n) is 6.11. The number of nitrogen functional groups attached to an aromatic ring is 1. The number of fused-ring (bicyclic) bond motifs is 1. The maximum atomic E-state index is 6.01. The number of nitrogens with two attached hydrogens (primary N) is 1. The molecule has 20 heavy (non-hydrogen) atoms. The first kappa shape index (κ1) is 12.1. The van der Waals surface area contributed by atoms with E-state index in [1.54, 1.807) is 0 Å². The van der Waals surface area contributed by atoms with Crippen LogP contribution in [0.15, 0.2) is 6.20 Å². The average Bonchev–Trinajstić information content (AvgIpc) is 3.25. The van der Waals surface area contributed by atoms with Crippen molar-refractivity contribution < 1.29 is 0 Å². The number of hydrogen-bond donors (Lipinski definition) is 1. The lowest BCUT2D eigenvalue weighted by molar-refractivity contribution is 0.215. The monoisotopic (exact) mass is 272 g/mol. The van der Waals surface area contributed by atoms with Crippen molar-refractivity contribution in [3.05, 3.63) is 11.9 Å². The molecule has 0 unspecified atom stereocenters. The quantitative estimate of drug-likeness (QED) is 0.898. The highest BCUT2D eigenvalue weighted by molar-refractivity contribution is 5.82. The van der Waals surface area contributed by atoms with Gasteiger partial charge in [-0.25, -0.2) is 14.6 Å². The summed E-state index contributed by atoms with van der Waals surface area (Å²) in [6.07, 6.45) is 6.54. The minimum absolute atomic E-state index is 0.398. The smallest absolute Gasteiger partial charge is 0.179 e. The molecule has 2 aliphatic rings. The largest absolute Gasteiger partial charge is 0.380 e. The van der Waals surface area contributed by atoms with Gasteiger partial charge in [-0.1, -0.05) is 0 Å². The minimum atomic E-state index is 0.398. The normalized spacial score (nSPS) is 21.6. The van der Waals surface area contributed by atoms with Gasteiger partial charge in [-0.3, -0.25) is 0 Å². The summed E-state index contributed by atoms with van der Waals surface area (Å²) in [5.41, 5.74) is 8.75. The van der Waals surface area contributed by atoms with E-state index in [-0.39, 0.29) is 0 Å². The highest BCUT2D eigenvalue weighted by Gasteiger charge is 2.28. The van der Waals surface area contributed by atoms with Gasteiger partial charge in [0.1, 0.15) is 0 Å². The van der Waals surface area contributed by atoms with Crippen molar-refractivity contribution in [1.29, 1.82) is 0 Å². The Morgan fingerprint density at radius 2 is 1.95 bits per heavy atom. The molecule has 0 atom stereocenters. The maximum Gasteiger partial charge on any atom is 0.179 e. The molecule has 0 amide bonds. The summed E-state index contributed by atoms with van der Waals surface area (Å²) in [7, 11) is 2.16. The molecule has 0 bridgehead atoms. The summed E-state index contributed by atoms with van der Waals surface area (Å²) in [6, 6.07) is 0.398. The molecule has 1 saturated carbocycles. The first-order chi connectivity index (χ1) is 9.72. The van der Waals surface area contributed by atoms with E-state index in [4.69, 9.17) is 10.7 Å². The highest BCUT2D eigenvalue weighted by atomic mass is 15.4. The van der Waals surface area contributed by atoms with Crippen LogP contribution in [0.2, 0.25) is 0 Å². The van der Waals surface area contributed by atoms with Gasteiger partial charge in [0, 0.05) is 12.1 Å². The van der Waals surface area contributed by atoms with Crippen molar-refractivity contribution in [2.24, 2.45) is 0 Å². The number of piperidine rings is 1. The summed E-state index contributed by atoms with van der Waals surface area (Å²) < 4.78 is 2.02. The molecular weight excluding hydrogens is 252 g/mol. The lowest BCUT2D eigenvalue weighted by Gasteiger charge is -2.29. The summed E-state index contributed by atoms with van der Waals surface area (Å²) in [6.45, 7) is 2.20. The van der Waals surface area contributed by atoms with E-state index in [0.717, 1.165) is 42.8 Å². The summed E-state index contributed by atoms with van der Waals surface area (Å²) in [5, 5.41) is 4.51. The Morgan fingerprint density at radius 1 is 1.20 bits per heavy atom. The molecule has 2 fully saturated rings. The predicted molar refractivity (Wildman–Crippen MR) is 77.5 cm³/mol. The summed E-state index contributed by atoms with van der Waals surface area (Å²) in [4.78, 5) is 11.6. The fraction of sp³-hybridized carbons (Fsp3) is 0.643. The molecule has 0 aromatic carbocycles. The van der Waals surface area contributed by atoms with Crippen LogP contribution in [0.5, 0.6) is 0 Å². The lowest BCUT2D eigenvalue weighted by atomic mass is 10.1. The third kappa shape index (κ3) is 1.95. The van der Waals surface area contributed by atoms with E-state index in [0.29, 0.717) is 17.8 Å². The van der Waals surface area contributed by atoms with Crippen LogP contribution in [0.4, 0.5) is 5.82 Å². The van der Waals surface area contributed by atoms with Crippen molar-refractivity contribution in [1.82, 2.24) is 24.6 Å². The molecular formula is C14H20N6. The SMILES string of the molecule is CN1CCC(n2nc(N)c3ncc(C4CC4)nc32)CC1. The Balaban J connectivity index is 1.75. The van der Waals surface area contributed by atoms with Crippen molar-refractivity contribution in [2.45, 2.75) is 37.6 Å². The highest BCUT2D eigenvalue weighted by Crippen LogP contribution is 2.39. The zero-order chi connectivity index (χ0) is 13.7. The Kier molecular flexibility index (Phi) is 2.66. The predicted octanol–water partition coefficient (Wildman–Crippen LogP) is 1.55. The fourth-order valence-electron chi connectivity index (χ4n) is 3.01. The van der Waals surface area contributed by atoms with Crippen LogP contribution in [-0.4, -0.2) is 44.8 Å². The second kappa shape index (κ2) is 4.41. The van der Waals surface area contributed by atoms with Crippen molar-refractivity contribution >= 4 is 17.0 Å². The number of rotatable bonds is 2. The van der Waals surface area contributed by atoms with Gasteiger partial charge in [0.05, 0.1) is 11.7 Å². The van der Waals surface area contributed by atoms with Gasteiger partial charge in [-0.15, -0.1) is 0 Å². The minimum Gasteiger partial charge on any atom is -0.380 e. The number of hydrogen-bond acceptors (Lipinski definition) is 5. The molecule has 6 heteroatoms. The first-order valence-corrected chi connectivity index (χ1v) is 7.41. The topological polar surface area (TPSA) is 72.9 Å². The first-order valence-electron chi connectivity index (χ1n) is 7.41. The van der Waals surface area contributed by atoms with E-state index < -0.39 is 0 Å². The molecule has 1 aliphatic heterocycles. The van der Waals surface area contributed by atoms with Crippen LogP contribution >= 0.6 is 0 Å². The second-order valence-corrected chi connectivity index (χ2v) is 6.11. The van der Waals surface area contributed by atoms with Gasteiger partial charge in [0.15, 0.2) is 17.0 Å². The van der Waals surface area contributed by atoms with Gasteiger partial charge < -0.3 is 10.6 Å². The van der Waals surface area contributed by atoms with E-state index in [1.165, 1.54) is 12.8 Å². The number of likely N-dealkylation sites (tertiary alicyclic amines) is 1. The molecule has 106 valence electrons. The van der Waals surface area contributed by atoms with Gasteiger partial charge in [0.25, 0.3) is 0 Å². The molecule has 1 saturated heterocycles. The Hall–Kier alpha value is -1.69. The van der Waals surface area contributed by atoms with Crippen LogP contribution in [0.1, 0.15) is 43.3 Å². The molecule has 0 radical (unpaired) electrons. The van der Waals surface area contributed by atoms with E-state index in [9.17, 15) is 0 Å². The number of anilines is 1. The van der Waals surface area contributed by atoms with E-state index in [1.807, 2.05) is 10.9 Å². The molecule has 6 nitrogen and oxygen atoms in total. The molecule has 1 aliphatic carbocycles. The Morgan fingerprint density at radius 3 is 2.65 bits per heavy atom. The Labute approximate surface area is 118 Å². The van der Waals surface area contributed by atoms with Gasteiger partial charge in [-0.2, -0.15) is 5.10 Å². The standard InChI is InChI=1S/C14H20N6/c1-19-6-4-10(5-7-19)20-14-12(13(15)18-20)16-8-11(17-14)9-2-3-9/h8-10H,2-7H2,1H3,(H2,15,18). The molecule has 2 N–H and O–H groups in total. The van der Waals surface area contributed by atoms with E-state index in [2.05, 4.69) is 22.0 Å². The van der Waals surface area contributed by atoms with Crippen molar-refractivity contribution in [3.8, 4) is 0 Å². The van der Waals surface area contributed by atoms with E-state index >= 15 is 0 Å². The summed E-state index contributed by atoms with van der Waals surface area (Å²) in [5.74, 6) is 1.11. The van der Waals surface area contributed by atoms with Gasteiger partial charge >= 0.3 is 0 Å². The Bertz CT molecular complexity index is 636. The molecule has 3 heterocycles. The van der Waals surface area contributed by atoms with Crippen LogP contribution < -0.4 is 5.73 Å². The fourth-order valence-corrected chi connectivity index (χ4v) is 3.01. The van der Waals surface area contributed by atoms with Crippen LogP contribution in [0.3, 0.4) is 0 Å². The van der Waals surface area contributed by atoms with Crippen LogP contribution in [0.25, 0.3) is 11.2 Å². The van der Waals surface area contributed by atoms with Crippen molar-refractivity contribution in [3.63, 3.8) is 0 Å². The number of aromatic nitrogens is 4. The summed E-state index contributed by atoms with van der Waals surface area (Å²) >= 11 is 0. The third-order valence-electron chi connectivity index (χ3n) is 4.48. The van der Waals surface area contributed by atoms with Crippen LogP contribution in [-0.2, 0) is 0 Å². The average molecular weight is 272 g/mol. The number of nitrogens with zero attached hydrogens (tertiary/aromatic N) is 5. The van der Waals surface area contributed by atoms with Gasteiger partial charge in [0.2, 0.25) is 0 Å². The zero-order valence-electron chi connectivity index (χ0n) is 11.8. The maximum absolute atomic E-state index is 6.01. The molecule has 2 aromatic rings. The van der Waals surface area contributed by atoms with Crippen molar-refractivity contribution in [2.75, 3.05) is 25.9 Å². The zero-order valence-corrected chi connectivity index (χ0v) is 11.8. The van der Waals surface area contributed by atoms with Gasteiger partial charge in [-0.05, 0) is 45.8 Å². The molecule has 2 aromatic heterocycles.